The van der Waals surface area contributed by atoms with E-state index >= 15 is 0 Å². The monoisotopic (exact) mass is 1120 g/mol. The Morgan fingerprint density at radius 3 is 0.762 bits per heavy atom. The van der Waals surface area contributed by atoms with E-state index in [4.69, 9.17) is 14.2 Å². The normalized spacial score (nSPS) is 12.4. The lowest BCUT2D eigenvalue weighted by Gasteiger charge is -2.18. The van der Waals surface area contributed by atoms with E-state index in [-0.39, 0.29) is 31.1 Å². The van der Waals surface area contributed by atoms with E-state index in [2.05, 4.69) is 81.5 Å². The van der Waals surface area contributed by atoms with Crippen LogP contribution in [0.15, 0.2) is 60.8 Å². The highest BCUT2D eigenvalue weighted by atomic mass is 16.6. The number of esters is 3. The average molecular weight is 1120 g/mol. The third kappa shape index (κ3) is 65.9. The predicted molar refractivity (Wildman–Crippen MR) is 348 cm³/mol. The largest absolute Gasteiger partial charge is 0.462 e. The summed E-state index contributed by atoms with van der Waals surface area (Å²) >= 11 is 0. The van der Waals surface area contributed by atoms with Crippen LogP contribution in [0.2, 0.25) is 0 Å². The Balaban J connectivity index is 4.06. The van der Waals surface area contributed by atoms with Crippen molar-refractivity contribution in [2.75, 3.05) is 13.2 Å². The molecular formula is C74H134O6. The van der Waals surface area contributed by atoms with Crippen LogP contribution in [-0.4, -0.2) is 37.2 Å². The third-order valence-electron chi connectivity index (χ3n) is 15.8. The molecule has 6 nitrogen and oxygen atoms in total. The highest BCUT2D eigenvalue weighted by Gasteiger charge is 2.19. The summed E-state index contributed by atoms with van der Waals surface area (Å²) in [5.41, 5.74) is 0. The number of allylic oxidation sites excluding steroid dienone is 10. The number of carbonyl (C=O) groups is 3. The van der Waals surface area contributed by atoms with Crippen LogP contribution >= 0.6 is 0 Å². The Bertz CT molecular complexity index is 1430. The van der Waals surface area contributed by atoms with Crippen LogP contribution in [0.3, 0.4) is 0 Å². The highest BCUT2D eigenvalue weighted by Crippen LogP contribution is 2.18. The van der Waals surface area contributed by atoms with Gasteiger partial charge in [-0.15, -0.1) is 0 Å². The first-order chi connectivity index (χ1) is 39.5. The number of unbranched alkanes of at least 4 members (excludes halogenated alkanes) is 44. The molecule has 0 aromatic carbocycles. The van der Waals surface area contributed by atoms with Gasteiger partial charge in [-0.1, -0.05) is 351 Å². The van der Waals surface area contributed by atoms with Gasteiger partial charge in [0.2, 0.25) is 0 Å². The molecule has 0 radical (unpaired) electrons. The lowest BCUT2D eigenvalue weighted by molar-refractivity contribution is -0.167. The van der Waals surface area contributed by atoms with Crippen molar-refractivity contribution in [3.63, 3.8) is 0 Å². The molecule has 0 spiro atoms. The van der Waals surface area contributed by atoms with E-state index in [1.807, 2.05) is 0 Å². The second-order valence-electron chi connectivity index (χ2n) is 23.8. The van der Waals surface area contributed by atoms with E-state index in [0.29, 0.717) is 19.3 Å². The van der Waals surface area contributed by atoms with Crippen molar-refractivity contribution >= 4 is 17.9 Å². The van der Waals surface area contributed by atoms with Gasteiger partial charge in [-0.3, -0.25) is 14.4 Å². The first-order valence-electron chi connectivity index (χ1n) is 35.3. The summed E-state index contributed by atoms with van der Waals surface area (Å²) in [5.74, 6) is -0.838. The van der Waals surface area contributed by atoms with Crippen LogP contribution in [0, 0.1) is 0 Å². The lowest BCUT2D eigenvalue weighted by atomic mass is 10.0. The van der Waals surface area contributed by atoms with Gasteiger partial charge in [-0.05, 0) is 64.2 Å². The maximum absolute atomic E-state index is 12.9. The first kappa shape index (κ1) is 77.1. The number of hydrogen-bond donors (Lipinski definition) is 0. The van der Waals surface area contributed by atoms with Crippen LogP contribution in [0.25, 0.3) is 0 Å². The van der Waals surface area contributed by atoms with Gasteiger partial charge in [0.15, 0.2) is 6.10 Å². The van der Waals surface area contributed by atoms with Gasteiger partial charge < -0.3 is 14.2 Å². The molecule has 0 amide bonds. The van der Waals surface area contributed by atoms with Crippen molar-refractivity contribution in [2.24, 2.45) is 0 Å². The molecular weight excluding hydrogens is 985 g/mol. The van der Waals surface area contributed by atoms with Gasteiger partial charge in [-0.2, -0.15) is 0 Å². The molecule has 466 valence electrons. The lowest BCUT2D eigenvalue weighted by Crippen LogP contribution is -2.30. The van der Waals surface area contributed by atoms with Crippen LogP contribution in [0.1, 0.15) is 374 Å². The van der Waals surface area contributed by atoms with E-state index in [1.165, 1.54) is 244 Å². The smallest absolute Gasteiger partial charge is 0.306 e. The van der Waals surface area contributed by atoms with Gasteiger partial charge in [0, 0.05) is 19.3 Å². The SMILES string of the molecule is CC/C=C\C/C=C\C/C=C\C/C=C\C/C=C\CCCCCCCCCCCCCCCCCCCCCC(=O)OCC(COC(=O)CCCCCCCCCCCCCCC)OC(=O)CCCCCCCCCCCCCCCC. The van der Waals surface area contributed by atoms with Gasteiger partial charge in [0.05, 0.1) is 0 Å². The quantitative estimate of drug-likeness (QED) is 0.0261. The number of rotatable bonds is 65. The Morgan fingerprint density at radius 1 is 0.263 bits per heavy atom. The molecule has 0 saturated carbocycles. The van der Waals surface area contributed by atoms with Crippen molar-refractivity contribution in [1.29, 1.82) is 0 Å². The summed E-state index contributed by atoms with van der Waals surface area (Å²) in [4.78, 5) is 38.3. The van der Waals surface area contributed by atoms with E-state index in [0.717, 1.165) is 89.9 Å². The minimum absolute atomic E-state index is 0.0654. The van der Waals surface area contributed by atoms with Gasteiger partial charge in [-0.25, -0.2) is 0 Å². The first-order valence-corrected chi connectivity index (χ1v) is 35.3. The molecule has 6 heteroatoms. The maximum Gasteiger partial charge on any atom is 0.306 e. The molecule has 0 aromatic heterocycles. The Morgan fingerprint density at radius 2 is 0.487 bits per heavy atom. The molecule has 0 N–H and O–H groups in total. The molecule has 0 fully saturated rings. The van der Waals surface area contributed by atoms with E-state index in [9.17, 15) is 14.4 Å². The zero-order valence-electron chi connectivity index (χ0n) is 53.6. The van der Waals surface area contributed by atoms with Crippen LogP contribution < -0.4 is 0 Å². The van der Waals surface area contributed by atoms with Gasteiger partial charge in [0.25, 0.3) is 0 Å². The molecule has 0 heterocycles. The maximum atomic E-state index is 12.9. The Kier molecular flexibility index (Phi) is 66.1. The zero-order valence-corrected chi connectivity index (χ0v) is 53.6. The molecule has 1 atom stereocenters. The molecule has 0 aliphatic carbocycles. The molecule has 0 rings (SSSR count). The highest BCUT2D eigenvalue weighted by molar-refractivity contribution is 5.71. The number of hydrogen-bond acceptors (Lipinski definition) is 6. The standard InChI is InChI=1S/C74H134O6/c1-4-7-10-13-16-19-22-25-27-28-29-30-31-32-33-34-35-36-37-38-39-40-41-42-43-44-45-46-47-50-52-55-58-61-64-67-73(76)79-70-71(69-78-72(75)66-63-60-57-54-51-48-24-21-18-15-12-9-6-3)80-74(77)68-65-62-59-56-53-49-26-23-20-17-14-11-8-5-2/h7,10,16,19,25,27,29-30,32-33,71H,4-6,8-9,11-15,17-18,20-24,26,28,31,34-70H2,1-3H3/b10-7-,19-16-,27-25-,30-29-,33-32-. The number of ether oxygens (including phenoxy) is 3. The minimum atomic E-state index is -0.767. The van der Waals surface area contributed by atoms with Crippen molar-refractivity contribution in [3.05, 3.63) is 60.8 Å². The Hall–Kier alpha value is -2.89. The van der Waals surface area contributed by atoms with E-state index in [1.54, 1.807) is 0 Å². The summed E-state index contributed by atoms with van der Waals surface area (Å²) in [6, 6.07) is 0. The third-order valence-corrected chi connectivity index (χ3v) is 15.8. The summed E-state index contributed by atoms with van der Waals surface area (Å²) in [5, 5.41) is 0. The fourth-order valence-electron chi connectivity index (χ4n) is 10.5. The average Bonchev–Trinajstić information content (AvgIpc) is 3.46. The molecule has 0 aromatic rings. The van der Waals surface area contributed by atoms with Crippen LogP contribution in [0.5, 0.6) is 0 Å². The summed E-state index contributed by atoms with van der Waals surface area (Å²) in [7, 11) is 0. The zero-order chi connectivity index (χ0) is 57.8. The molecule has 80 heavy (non-hydrogen) atoms. The summed E-state index contributed by atoms with van der Waals surface area (Å²) in [6.07, 6.45) is 88.3. The Labute approximate surface area is 498 Å². The van der Waals surface area contributed by atoms with Gasteiger partial charge in [0.1, 0.15) is 13.2 Å². The molecule has 0 aliphatic heterocycles. The molecule has 0 saturated heterocycles. The summed E-state index contributed by atoms with van der Waals surface area (Å²) < 4.78 is 17.0. The second kappa shape index (κ2) is 68.6. The van der Waals surface area contributed by atoms with E-state index < -0.39 is 6.10 Å². The number of carbonyl (C=O) groups excluding carboxylic acids is 3. The molecule has 0 bridgehead atoms. The predicted octanol–water partition coefficient (Wildman–Crippen LogP) is 24.3. The van der Waals surface area contributed by atoms with Crippen molar-refractivity contribution in [2.45, 2.75) is 380 Å². The van der Waals surface area contributed by atoms with Crippen molar-refractivity contribution in [3.8, 4) is 0 Å². The minimum Gasteiger partial charge on any atom is -0.462 e. The summed E-state index contributed by atoms with van der Waals surface area (Å²) in [6.45, 7) is 6.58. The van der Waals surface area contributed by atoms with Crippen molar-refractivity contribution < 1.29 is 28.6 Å². The fourth-order valence-corrected chi connectivity index (χ4v) is 10.5. The second-order valence-corrected chi connectivity index (χ2v) is 23.8. The van der Waals surface area contributed by atoms with Crippen molar-refractivity contribution in [1.82, 2.24) is 0 Å². The molecule has 1 unspecified atom stereocenters. The van der Waals surface area contributed by atoms with Gasteiger partial charge >= 0.3 is 17.9 Å². The van der Waals surface area contributed by atoms with Crippen LogP contribution in [-0.2, 0) is 28.6 Å². The topological polar surface area (TPSA) is 78.9 Å². The van der Waals surface area contributed by atoms with Crippen LogP contribution in [0.4, 0.5) is 0 Å². The molecule has 0 aliphatic rings. The fraction of sp³-hybridized carbons (Fsp3) is 0.824.